The van der Waals surface area contributed by atoms with Crippen molar-refractivity contribution >= 4 is 33.2 Å². The lowest BCUT2D eigenvalue weighted by molar-refractivity contribution is -0.114. The van der Waals surface area contributed by atoms with Gasteiger partial charge in [-0.2, -0.15) is 4.31 Å². The second-order valence-electron chi connectivity index (χ2n) is 7.50. The Hall–Kier alpha value is -3.69. The summed E-state index contributed by atoms with van der Waals surface area (Å²) in [7, 11) is -2.56. The van der Waals surface area contributed by atoms with Crippen LogP contribution in [0, 0.1) is 0 Å². The van der Waals surface area contributed by atoms with Crippen LogP contribution in [0.1, 0.15) is 29.8 Å². The molecule has 0 heterocycles. The predicted molar refractivity (Wildman–Crippen MR) is 131 cm³/mol. The molecule has 3 rings (SSSR count). The summed E-state index contributed by atoms with van der Waals surface area (Å²) in [6, 6.07) is 20.2. The third-order valence-corrected chi connectivity index (χ3v) is 7.00. The van der Waals surface area contributed by atoms with Crippen molar-refractivity contribution < 1.29 is 22.7 Å². The smallest absolute Gasteiger partial charge is 0.255 e. The number of nitrogens with one attached hydrogen (secondary N) is 2. The lowest BCUT2D eigenvalue weighted by Gasteiger charge is -2.22. The van der Waals surface area contributed by atoms with E-state index >= 15 is 0 Å². The van der Waals surface area contributed by atoms with Crippen LogP contribution in [0.2, 0.25) is 0 Å². The van der Waals surface area contributed by atoms with Gasteiger partial charge in [0.15, 0.2) is 0 Å². The fourth-order valence-electron chi connectivity index (χ4n) is 3.36. The van der Waals surface area contributed by atoms with Gasteiger partial charge in [0.25, 0.3) is 5.91 Å². The van der Waals surface area contributed by atoms with Gasteiger partial charge in [-0.25, -0.2) is 8.42 Å². The Labute approximate surface area is 199 Å². The van der Waals surface area contributed by atoms with Crippen molar-refractivity contribution in [3.8, 4) is 5.75 Å². The van der Waals surface area contributed by atoms with Crippen LogP contribution in [-0.2, 0) is 21.4 Å². The van der Waals surface area contributed by atoms with Gasteiger partial charge < -0.3 is 15.4 Å². The van der Waals surface area contributed by atoms with Crippen molar-refractivity contribution in [2.75, 3.05) is 24.3 Å². The van der Waals surface area contributed by atoms with Crippen LogP contribution in [0.3, 0.4) is 0 Å². The van der Waals surface area contributed by atoms with E-state index in [1.165, 1.54) is 36.5 Å². The molecule has 9 heteroatoms. The molecule has 0 saturated heterocycles. The minimum absolute atomic E-state index is 0.0820. The Morgan fingerprint density at radius 3 is 2.09 bits per heavy atom. The van der Waals surface area contributed by atoms with Crippen LogP contribution in [0.4, 0.5) is 11.4 Å². The number of carbonyl (C=O) groups is 2. The van der Waals surface area contributed by atoms with Gasteiger partial charge in [0.05, 0.1) is 7.11 Å². The van der Waals surface area contributed by atoms with Gasteiger partial charge in [0.1, 0.15) is 10.6 Å². The third kappa shape index (κ3) is 6.00. The lowest BCUT2D eigenvalue weighted by Crippen LogP contribution is -2.31. The zero-order valence-electron chi connectivity index (χ0n) is 19.2. The number of hydrogen-bond acceptors (Lipinski definition) is 5. The Kier molecular flexibility index (Phi) is 8.04. The summed E-state index contributed by atoms with van der Waals surface area (Å²) in [5.74, 6) is -0.516. The average molecular weight is 482 g/mol. The van der Waals surface area contributed by atoms with Crippen molar-refractivity contribution in [2.24, 2.45) is 0 Å². The van der Waals surface area contributed by atoms with E-state index < -0.39 is 15.9 Å². The standard InChI is InChI=1S/C25H27N3O5S/c1-4-28(17-19-8-6-5-7-9-19)34(31,32)24-16-20(10-15-23(24)33-3)25(30)27-22-13-11-21(12-14-22)26-18(2)29/h5-16H,4,17H2,1-3H3,(H,26,29)(H,27,30). The number of ether oxygens (including phenoxy) is 1. The monoisotopic (exact) mass is 481 g/mol. The fourth-order valence-corrected chi connectivity index (χ4v) is 4.97. The Balaban J connectivity index is 1.86. The van der Waals surface area contributed by atoms with Gasteiger partial charge in [-0.3, -0.25) is 9.59 Å². The number of carbonyl (C=O) groups excluding carboxylic acids is 2. The molecule has 0 saturated carbocycles. The predicted octanol–water partition coefficient (Wildman–Crippen LogP) is 4.12. The van der Waals surface area contributed by atoms with Crippen molar-refractivity contribution in [2.45, 2.75) is 25.3 Å². The highest BCUT2D eigenvalue weighted by Crippen LogP contribution is 2.29. The molecule has 2 amide bonds. The van der Waals surface area contributed by atoms with Crippen LogP contribution >= 0.6 is 0 Å². The van der Waals surface area contributed by atoms with Gasteiger partial charge >= 0.3 is 0 Å². The number of benzene rings is 3. The molecule has 2 N–H and O–H groups in total. The van der Waals surface area contributed by atoms with Crippen LogP contribution in [0.25, 0.3) is 0 Å². The first kappa shape index (κ1) is 24.9. The Morgan fingerprint density at radius 1 is 0.912 bits per heavy atom. The van der Waals surface area contributed by atoms with Crippen LogP contribution < -0.4 is 15.4 Å². The Morgan fingerprint density at radius 2 is 1.53 bits per heavy atom. The summed E-state index contributed by atoms with van der Waals surface area (Å²) >= 11 is 0. The topological polar surface area (TPSA) is 105 Å². The molecule has 34 heavy (non-hydrogen) atoms. The maximum Gasteiger partial charge on any atom is 0.255 e. The molecule has 3 aromatic carbocycles. The molecule has 0 aliphatic carbocycles. The summed E-state index contributed by atoms with van der Waals surface area (Å²) in [5.41, 5.74) is 2.12. The zero-order chi connectivity index (χ0) is 24.7. The van der Waals surface area contributed by atoms with Crippen LogP contribution in [0.15, 0.2) is 77.7 Å². The SMILES string of the molecule is CCN(Cc1ccccc1)S(=O)(=O)c1cc(C(=O)Nc2ccc(NC(C)=O)cc2)ccc1OC. The summed E-state index contributed by atoms with van der Waals surface area (Å²) in [4.78, 5) is 23.9. The molecule has 0 aliphatic rings. The van der Waals surface area contributed by atoms with Gasteiger partial charge in [-0.05, 0) is 48.0 Å². The first-order valence-corrected chi connectivity index (χ1v) is 12.1. The number of sulfonamides is 1. The lowest BCUT2D eigenvalue weighted by atomic mass is 10.2. The molecule has 0 aliphatic heterocycles. The van der Waals surface area contributed by atoms with Crippen molar-refractivity contribution in [3.05, 3.63) is 83.9 Å². The van der Waals surface area contributed by atoms with Crippen LogP contribution in [0.5, 0.6) is 5.75 Å². The minimum atomic E-state index is -3.95. The molecular formula is C25H27N3O5S. The van der Waals surface area contributed by atoms with E-state index in [9.17, 15) is 18.0 Å². The van der Waals surface area contributed by atoms with Crippen molar-refractivity contribution in [1.29, 1.82) is 0 Å². The fraction of sp³-hybridized carbons (Fsp3) is 0.200. The average Bonchev–Trinajstić information content (AvgIpc) is 2.83. The second kappa shape index (κ2) is 11.0. The van der Waals surface area contributed by atoms with Crippen molar-refractivity contribution in [3.63, 3.8) is 0 Å². The summed E-state index contributed by atoms with van der Waals surface area (Å²) in [6.45, 7) is 3.61. The molecule has 0 atom stereocenters. The summed E-state index contributed by atoms with van der Waals surface area (Å²) in [6.07, 6.45) is 0. The summed E-state index contributed by atoms with van der Waals surface area (Å²) in [5, 5.41) is 5.39. The summed E-state index contributed by atoms with van der Waals surface area (Å²) < 4.78 is 33.6. The Bertz CT molecular complexity index is 1260. The molecule has 0 bridgehead atoms. The number of nitrogens with zero attached hydrogens (tertiary/aromatic N) is 1. The second-order valence-corrected chi connectivity index (χ2v) is 9.40. The molecule has 3 aromatic rings. The van der Waals surface area contributed by atoms with E-state index in [2.05, 4.69) is 10.6 Å². The molecule has 0 fully saturated rings. The van der Waals surface area contributed by atoms with Crippen LogP contribution in [-0.4, -0.2) is 38.2 Å². The first-order valence-electron chi connectivity index (χ1n) is 10.7. The maximum atomic E-state index is 13.5. The van der Waals surface area contributed by atoms with E-state index in [0.29, 0.717) is 11.4 Å². The normalized spacial score (nSPS) is 11.2. The molecule has 178 valence electrons. The number of hydrogen-bond donors (Lipinski definition) is 2. The molecule has 0 radical (unpaired) electrons. The first-order chi connectivity index (χ1) is 16.2. The molecule has 0 aromatic heterocycles. The zero-order valence-corrected chi connectivity index (χ0v) is 20.1. The molecular weight excluding hydrogens is 454 g/mol. The van der Waals surface area contributed by atoms with Crippen molar-refractivity contribution in [1.82, 2.24) is 4.31 Å². The molecule has 0 unspecified atom stereocenters. The maximum absolute atomic E-state index is 13.5. The van der Waals surface area contributed by atoms with E-state index in [-0.39, 0.29) is 35.2 Å². The molecule has 8 nitrogen and oxygen atoms in total. The van der Waals surface area contributed by atoms with E-state index in [4.69, 9.17) is 4.74 Å². The third-order valence-electron chi connectivity index (χ3n) is 5.06. The van der Waals surface area contributed by atoms with Gasteiger partial charge in [0, 0.05) is 37.0 Å². The van der Waals surface area contributed by atoms with E-state index in [1.807, 2.05) is 30.3 Å². The number of anilines is 2. The number of amides is 2. The number of rotatable bonds is 9. The quantitative estimate of drug-likeness (QED) is 0.478. The molecule has 0 spiro atoms. The largest absolute Gasteiger partial charge is 0.495 e. The van der Waals surface area contributed by atoms with E-state index in [0.717, 1.165) is 5.56 Å². The van der Waals surface area contributed by atoms with E-state index in [1.54, 1.807) is 31.2 Å². The minimum Gasteiger partial charge on any atom is -0.495 e. The van der Waals surface area contributed by atoms with Gasteiger partial charge in [-0.15, -0.1) is 0 Å². The highest BCUT2D eigenvalue weighted by atomic mass is 32.2. The van der Waals surface area contributed by atoms with Gasteiger partial charge in [0.2, 0.25) is 15.9 Å². The highest BCUT2D eigenvalue weighted by molar-refractivity contribution is 7.89. The number of methoxy groups -OCH3 is 1. The van der Waals surface area contributed by atoms with Gasteiger partial charge in [-0.1, -0.05) is 37.3 Å². The highest BCUT2D eigenvalue weighted by Gasteiger charge is 2.28.